The summed E-state index contributed by atoms with van der Waals surface area (Å²) in [6, 6.07) is 9.98. The lowest BCUT2D eigenvalue weighted by atomic mass is 10.0. The minimum Gasteiger partial charge on any atom is -0.348 e. The lowest BCUT2D eigenvalue weighted by Crippen LogP contribution is -2.42. The molecule has 3 nitrogen and oxygen atoms in total. The van der Waals surface area contributed by atoms with Gasteiger partial charge in [-0.05, 0) is 30.7 Å². The van der Waals surface area contributed by atoms with Gasteiger partial charge in [0.05, 0.1) is 12.1 Å². The second-order valence-corrected chi connectivity index (χ2v) is 5.48. The van der Waals surface area contributed by atoms with Crippen LogP contribution >= 0.6 is 0 Å². The number of carbonyl (C=O) groups excluding carboxylic acids is 1. The number of amides is 1. The molecular weight excluding hydrogens is 236 g/mol. The Labute approximate surface area is 115 Å². The van der Waals surface area contributed by atoms with Crippen LogP contribution in [0.4, 0.5) is 0 Å². The summed E-state index contributed by atoms with van der Waals surface area (Å²) in [5.74, 6) is 0.582. The summed E-state index contributed by atoms with van der Waals surface area (Å²) in [5.41, 5.74) is 7.13. The third kappa shape index (κ3) is 4.06. The number of unbranched alkanes of at least 4 members (excludes halogenated alkanes) is 1. The number of hydrogen-bond acceptors (Lipinski definition) is 2. The van der Waals surface area contributed by atoms with Crippen molar-refractivity contribution in [2.45, 2.75) is 51.1 Å². The molecule has 0 saturated heterocycles. The Balaban J connectivity index is 1.96. The van der Waals surface area contributed by atoms with Gasteiger partial charge in [0.2, 0.25) is 5.91 Å². The van der Waals surface area contributed by atoms with Crippen molar-refractivity contribution >= 4 is 5.91 Å². The van der Waals surface area contributed by atoms with E-state index < -0.39 is 0 Å². The van der Waals surface area contributed by atoms with Crippen LogP contribution in [-0.4, -0.2) is 11.9 Å². The first-order valence-corrected chi connectivity index (χ1v) is 7.33. The van der Waals surface area contributed by atoms with Crippen LogP contribution in [-0.2, 0) is 4.79 Å². The normalized spacial score (nSPS) is 17.8. The van der Waals surface area contributed by atoms with Crippen LogP contribution in [0.5, 0.6) is 0 Å². The monoisotopic (exact) mass is 260 g/mol. The molecule has 1 saturated carbocycles. The predicted octanol–water partition coefficient (Wildman–Crippen LogP) is 2.77. The fourth-order valence-corrected chi connectivity index (χ4v) is 2.38. The van der Waals surface area contributed by atoms with Crippen molar-refractivity contribution in [2.75, 3.05) is 0 Å². The van der Waals surface area contributed by atoms with E-state index in [-0.39, 0.29) is 18.0 Å². The first-order valence-electron chi connectivity index (χ1n) is 7.33. The van der Waals surface area contributed by atoms with Crippen molar-refractivity contribution in [3.63, 3.8) is 0 Å². The molecule has 1 fully saturated rings. The fraction of sp³-hybridized carbons (Fsp3) is 0.562. The van der Waals surface area contributed by atoms with Crippen LogP contribution in [0.15, 0.2) is 30.3 Å². The molecule has 2 atom stereocenters. The molecule has 0 radical (unpaired) electrons. The molecule has 0 aromatic heterocycles. The Bertz CT molecular complexity index is 400. The van der Waals surface area contributed by atoms with E-state index in [1.54, 1.807) is 0 Å². The van der Waals surface area contributed by atoms with E-state index in [4.69, 9.17) is 5.73 Å². The molecular formula is C16H24N2O. The molecule has 1 aromatic rings. The van der Waals surface area contributed by atoms with Crippen LogP contribution in [0.25, 0.3) is 0 Å². The van der Waals surface area contributed by atoms with E-state index in [1.807, 2.05) is 18.2 Å². The number of carbonyl (C=O) groups is 1. The van der Waals surface area contributed by atoms with Gasteiger partial charge in [0.15, 0.2) is 0 Å². The zero-order valence-electron chi connectivity index (χ0n) is 11.6. The molecule has 104 valence electrons. The summed E-state index contributed by atoms with van der Waals surface area (Å²) in [6.07, 6.45) is 5.25. The molecule has 0 aliphatic heterocycles. The molecule has 1 unspecified atom stereocenters. The Morgan fingerprint density at radius 1 is 1.37 bits per heavy atom. The zero-order valence-corrected chi connectivity index (χ0v) is 11.6. The number of nitrogens with two attached hydrogens (primary N) is 1. The molecule has 3 heteroatoms. The molecule has 1 aliphatic carbocycles. The molecule has 0 heterocycles. The molecule has 1 aromatic carbocycles. The highest BCUT2D eigenvalue weighted by Gasteiger charge is 2.33. The summed E-state index contributed by atoms with van der Waals surface area (Å²) in [6.45, 7) is 2.11. The summed E-state index contributed by atoms with van der Waals surface area (Å²) in [4.78, 5) is 12.1. The molecule has 2 rings (SSSR count). The fourth-order valence-electron chi connectivity index (χ4n) is 2.38. The van der Waals surface area contributed by atoms with E-state index in [0.29, 0.717) is 5.92 Å². The first kappa shape index (κ1) is 14.1. The van der Waals surface area contributed by atoms with Gasteiger partial charge in [0.1, 0.15) is 0 Å². The highest BCUT2D eigenvalue weighted by Crippen LogP contribution is 2.40. The second kappa shape index (κ2) is 6.71. The van der Waals surface area contributed by atoms with Gasteiger partial charge in [-0.1, -0.05) is 50.1 Å². The molecule has 1 aliphatic rings. The first-order chi connectivity index (χ1) is 9.22. The van der Waals surface area contributed by atoms with Gasteiger partial charge in [0, 0.05) is 0 Å². The van der Waals surface area contributed by atoms with Crippen molar-refractivity contribution in [3.05, 3.63) is 35.9 Å². The maximum atomic E-state index is 12.1. The van der Waals surface area contributed by atoms with Crippen molar-refractivity contribution in [2.24, 2.45) is 11.7 Å². The van der Waals surface area contributed by atoms with Gasteiger partial charge in [-0.15, -0.1) is 0 Å². The SMILES string of the molecule is CCCC[C@H](N)C(=O)NC(c1ccccc1)C1CC1. The number of hydrogen-bond donors (Lipinski definition) is 2. The molecule has 1 amide bonds. The Hall–Kier alpha value is -1.35. The number of rotatable bonds is 7. The Morgan fingerprint density at radius 3 is 2.63 bits per heavy atom. The smallest absolute Gasteiger partial charge is 0.237 e. The van der Waals surface area contributed by atoms with Gasteiger partial charge in [-0.3, -0.25) is 4.79 Å². The van der Waals surface area contributed by atoms with Gasteiger partial charge < -0.3 is 11.1 Å². The van der Waals surface area contributed by atoms with Gasteiger partial charge in [-0.2, -0.15) is 0 Å². The second-order valence-electron chi connectivity index (χ2n) is 5.48. The van der Waals surface area contributed by atoms with Gasteiger partial charge >= 0.3 is 0 Å². The molecule has 0 bridgehead atoms. The quantitative estimate of drug-likeness (QED) is 0.792. The highest BCUT2D eigenvalue weighted by molar-refractivity contribution is 5.81. The maximum Gasteiger partial charge on any atom is 0.237 e. The average Bonchev–Trinajstić information content (AvgIpc) is 3.27. The topological polar surface area (TPSA) is 55.1 Å². The third-order valence-corrected chi connectivity index (χ3v) is 3.76. The summed E-state index contributed by atoms with van der Waals surface area (Å²) >= 11 is 0. The highest BCUT2D eigenvalue weighted by atomic mass is 16.2. The van der Waals surface area contributed by atoms with Crippen LogP contribution in [0, 0.1) is 5.92 Å². The zero-order chi connectivity index (χ0) is 13.7. The summed E-state index contributed by atoms with van der Waals surface area (Å²) in [7, 11) is 0. The summed E-state index contributed by atoms with van der Waals surface area (Å²) < 4.78 is 0. The largest absolute Gasteiger partial charge is 0.348 e. The van der Waals surface area contributed by atoms with E-state index in [2.05, 4.69) is 24.4 Å². The average molecular weight is 260 g/mol. The molecule has 3 N–H and O–H groups in total. The van der Waals surface area contributed by atoms with E-state index in [0.717, 1.165) is 19.3 Å². The number of benzene rings is 1. The van der Waals surface area contributed by atoms with Crippen LogP contribution < -0.4 is 11.1 Å². The standard InChI is InChI=1S/C16H24N2O/c1-2-3-9-14(17)16(19)18-15(13-10-11-13)12-7-5-4-6-8-12/h4-8,13-15H,2-3,9-11,17H2,1H3,(H,18,19)/t14-,15?/m0/s1. The molecule has 19 heavy (non-hydrogen) atoms. The lowest BCUT2D eigenvalue weighted by Gasteiger charge is -2.21. The van der Waals surface area contributed by atoms with Crippen molar-refractivity contribution in [1.29, 1.82) is 0 Å². The lowest BCUT2D eigenvalue weighted by molar-refractivity contribution is -0.123. The van der Waals surface area contributed by atoms with Crippen molar-refractivity contribution < 1.29 is 4.79 Å². The Morgan fingerprint density at radius 2 is 2.05 bits per heavy atom. The van der Waals surface area contributed by atoms with Crippen LogP contribution in [0.2, 0.25) is 0 Å². The minimum absolute atomic E-state index is 0.00537. The van der Waals surface area contributed by atoms with Crippen LogP contribution in [0.1, 0.15) is 50.6 Å². The third-order valence-electron chi connectivity index (χ3n) is 3.76. The van der Waals surface area contributed by atoms with E-state index in [9.17, 15) is 4.79 Å². The minimum atomic E-state index is -0.370. The van der Waals surface area contributed by atoms with Crippen LogP contribution in [0.3, 0.4) is 0 Å². The molecule has 0 spiro atoms. The van der Waals surface area contributed by atoms with Gasteiger partial charge in [-0.25, -0.2) is 0 Å². The Kier molecular flexibility index (Phi) is 4.97. The predicted molar refractivity (Wildman–Crippen MR) is 77.6 cm³/mol. The van der Waals surface area contributed by atoms with Crippen molar-refractivity contribution in [3.8, 4) is 0 Å². The van der Waals surface area contributed by atoms with Crippen molar-refractivity contribution in [1.82, 2.24) is 5.32 Å². The maximum absolute atomic E-state index is 12.1. The van der Waals surface area contributed by atoms with E-state index in [1.165, 1.54) is 18.4 Å². The summed E-state index contributed by atoms with van der Waals surface area (Å²) in [5, 5.41) is 3.14. The number of nitrogens with one attached hydrogen (secondary N) is 1. The van der Waals surface area contributed by atoms with Gasteiger partial charge in [0.25, 0.3) is 0 Å². The van der Waals surface area contributed by atoms with E-state index >= 15 is 0 Å².